The molecule has 1 aliphatic rings. The number of nitrogens with one attached hydrogen (secondary N) is 1. The molecule has 0 heterocycles. The highest BCUT2D eigenvalue weighted by atomic mass is 16.1. The smallest absolute Gasteiger partial charge is 0.220 e. The van der Waals surface area contributed by atoms with Crippen LogP contribution in [0.4, 0.5) is 0 Å². The highest BCUT2D eigenvalue weighted by molar-refractivity contribution is 5.87. The standard InChI is InChI=1S/C17H32N2O2/c1-17(2,3)16(21)14-9-7-6-8-13(14)12-15(20)18-10-11-19(4)5/h13-14H,6-12H2,1-5H3,(H,18,20)/t13-,14-/m1/s1. The van der Waals surface area contributed by atoms with Crippen LogP contribution in [0.1, 0.15) is 52.9 Å². The van der Waals surface area contributed by atoms with Gasteiger partial charge in [0.25, 0.3) is 0 Å². The molecule has 0 aromatic rings. The van der Waals surface area contributed by atoms with Crippen molar-refractivity contribution in [3.05, 3.63) is 0 Å². The largest absolute Gasteiger partial charge is 0.355 e. The van der Waals surface area contributed by atoms with Gasteiger partial charge in [-0.25, -0.2) is 0 Å². The van der Waals surface area contributed by atoms with Crippen molar-refractivity contribution in [3.8, 4) is 0 Å². The summed E-state index contributed by atoms with van der Waals surface area (Å²) in [6.07, 6.45) is 4.72. The van der Waals surface area contributed by atoms with Gasteiger partial charge in [-0.3, -0.25) is 9.59 Å². The summed E-state index contributed by atoms with van der Waals surface area (Å²) in [5, 5.41) is 2.97. The molecule has 0 aromatic heterocycles. The van der Waals surface area contributed by atoms with Gasteiger partial charge >= 0.3 is 0 Å². The zero-order chi connectivity index (χ0) is 16.0. The summed E-state index contributed by atoms with van der Waals surface area (Å²) in [6.45, 7) is 7.48. The normalized spacial score (nSPS) is 23.1. The number of carbonyl (C=O) groups is 2. The average molecular weight is 296 g/mol. The first-order valence-electron chi connectivity index (χ1n) is 8.17. The molecule has 21 heavy (non-hydrogen) atoms. The molecule has 1 saturated carbocycles. The summed E-state index contributed by atoms with van der Waals surface area (Å²) < 4.78 is 0. The first-order chi connectivity index (χ1) is 9.71. The number of Topliss-reactive ketones (excluding diaryl/α,β-unsaturated/α-hetero) is 1. The fourth-order valence-electron chi connectivity index (χ4n) is 3.08. The Kier molecular flexibility index (Phi) is 6.85. The van der Waals surface area contributed by atoms with Crippen molar-refractivity contribution >= 4 is 11.7 Å². The predicted octanol–water partition coefficient (Wildman–Crippen LogP) is 2.48. The molecule has 1 fully saturated rings. The number of carbonyl (C=O) groups excluding carboxylic acids is 2. The van der Waals surface area contributed by atoms with E-state index in [9.17, 15) is 9.59 Å². The molecular formula is C17H32N2O2. The maximum absolute atomic E-state index is 12.6. The van der Waals surface area contributed by atoms with Crippen molar-refractivity contribution in [2.45, 2.75) is 52.9 Å². The predicted molar refractivity (Wildman–Crippen MR) is 86.1 cm³/mol. The molecule has 0 spiro atoms. The Morgan fingerprint density at radius 1 is 1.14 bits per heavy atom. The lowest BCUT2D eigenvalue weighted by Crippen LogP contribution is -2.38. The Morgan fingerprint density at radius 2 is 1.76 bits per heavy atom. The van der Waals surface area contributed by atoms with E-state index in [1.165, 1.54) is 0 Å². The van der Waals surface area contributed by atoms with Crippen LogP contribution in [0.15, 0.2) is 0 Å². The van der Waals surface area contributed by atoms with Crippen molar-refractivity contribution in [1.29, 1.82) is 0 Å². The molecule has 1 amide bonds. The molecule has 4 heteroatoms. The summed E-state index contributed by atoms with van der Waals surface area (Å²) in [5.41, 5.74) is -0.304. The number of nitrogens with zero attached hydrogens (tertiary/aromatic N) is 1. The Hall–Kier alpha value is -0.900. The second-order valence-corrected chi connectivity index (χ2v) is 7.62. The van der Waals surface area contributed by atoms with Gasteiger partial charge in [-0.1, -0.05) is 33.6 Å². The molecule has 0 radical (unpaired) electrons. The maximum atomic E-state index is 12.6. The lowest BCUT2D eigenvalue weighted by Gasteiger charge is -2.34. The van der Waals surface area contributed by atoms with E-state index in [-0.39, 0.29) is 23.2 Å². The van der Waals surface area contributed by atoms with Crippen LogP contribution in [0.3, 0.4) is 0 Å². The van der Waals surface area contributed by atoms with Gasteiger partial charge in [0.2, 0.25) is 5.91 Å². The van der Waals surface area contributed by atoms with Crippen LogP contribution in [0, 0.1) is 17.3 Å². The van der Waals surface area contributed by atoms with Crippen molar-refractivity contribution in [3.63, 3.8) is 0 Å². The van der Waals surface area contributed by atoms with E-state index in [1.54, 1.807) is 0 Å². The molecule has 0 aliphatic heterocycles. The van der Waals surface area contributed by atoms with E-state index < -0.39 is 0 Å². The first-order valence-corrected chi connectivity index (χ1v) is 8.17. The minimum Gasteiger partial charge on any atom is -0.355 e. The molecule has 1 rings (SSSR count). The number of rotatable bonds is 6. The van der Waals surface area contributed by atoms with Crippen molar-refractivity contribution in [1.82, 2.24) is 10.2 Å². The van der Waals surface area contributed by atoms with E-state index in [2.05, 4.69) is 5.32 Å². The number of likely N-dealkylation sites (N-methyl/N-ethyl adjacent to an activating group) is 1. The zero-order valence-electron chi connectivity index (χ0n) is 14.4. The molecule has 0 aromatic carbocycles. The van der Waals surface area contributed by atoms with Gasteiger partial charge in [-0.05, 0) is 32.9 Å². The van der Waals surface area contributed by atoms with Crippen LogP contribution in [0.5, 0.6) is 0 Å². The monoisotopic (exact) mass is 296 g/mol. The van der Waals surface area contributed by atoms with Gasteiger partial charge in [-0.15, -0.1) is 0 Å². The summed E-state index contributed by atoms with van der Waals surface area (Å²) >= 11 is 0. The van der Waals surface area contributed by atoms with Crippen molar-refractivity contribution in [2.75, 3.05) is 27.2 Å². The van der Waals surface area contributed by atoms with Crippen LogP contribution in [-0.2, 0) is 9.59 Å². The first kappa shape index (κ1) is 18.1. The molecule has 1 aliphatic carbocycles. The summed E-state index contributed by atoms with van der Waals surface area (Å²) in [6, 6.07) is 0. The molecule has 4 nitrogen and oxygen atoms in total. The fraction of sp³-hybridized carbons (Fsp3) is 0.882. The third kappa shape index (κ3) is 6.16. The van der Waals surface area contributed by atoms with Gasteiger partial charge in [0.15, 0.2) is 0 Å². The lowest BCUT2D eigenvalue weighted by molar-refractivity contribution is -0.134. The highest BCUT2D eigenvalue weighted by Crippen LogP contribution is 2.37. The number of amides is 1. The van der Waals surface area contributed by atoms with Gasteiger partial charge < -0.3 is 10.2 Å². The maximum Gasteiger partial charge on any atom is 0.220 e. The summed E-state index contributed by atoms with van der Waals surface area (Å²) in [5.74, 6) is 0.715. The Morgan fingerprint density at radius 3 is 2.33 bits per heavy atom. The highest BCUT2D eigenvalue weighted by Gasteiger charge is 2.37. The summed E-state index contributed by atoms with van der Waals surface area (Å²) in [7, 11) is 3.98. The Labute approximate surface area is 129 Å². The number of ketones is 1. The van der Waals surface area contributed by atoms with E-state index >= 15 is 0 Å². The second-order valence-electron chi connectivity index (χ2n) is 7.62. The Balaban J connectivity index is 2.53. The van der Waals surface area contributed by atoms with Gasteiger partial charge in [-0.2, -0.15) is 0 Å². The molecule has 0 bridgehead atoms. The number of hydrogen-bond acceptors (Lipinski definition) is 3. The van der Waals surface area contributed by atoms with Crippen LogP contribution in [0.2, 0.25) is 0 Å². The average Bonchev–Trinajstić information content (AvgIpc) is 2.37. The van der Waals surface area contributed by atoms with Gasteiger partial charge in [0.05, 0.1) is 0 Å². The molecule has 0 unspecified atom stereocenters. The fourth-order valence-corrected chi connectivity index (χ4v) is 3.08. The van der Waals surface area contributed by atoms with Gasteiger partial charge in [0.1, 0.15) is 5.78 Å². The van der Waals surface area contributed by atoms with Crippen LogP contribution < -0.4 is 5.32 Å². The minimum atomic E-state index is -0.304. The SMILES string of the molecule is CN(C)CCNC(=O)C[C@H]1CCCC[C@H]1C(=O)C(C)(C)C. The van der Waals surface area contributed by atoms with Crippen LogP contribution in [-0.4, -0.2) is 43.8 Å². The third-order valence-corrected chi connectivity index (χ3v) is 4.31. The van der Waals surface area contributed by atoms with Crippen molar-refractivity contribution in [2.24, 2.45) is 17.3 Å². The second kappa shape index (κ2) is 7.92. The van der Waals surface area contributed by atoms with Crippen LogP contribution >= 0.6 is 0 Å². The quantitative estimate of drug-likeness (QED) is 0.819. The molecular weight excluding hydrogens is 264 g/mol. The third-order valence-electron chi connectivity index (χ3n) is 4.31. The Bertz CT molecular complexity index is 358. The van der Waals surface area contributed by atoms with Crippen LogP contribution in [0.25, 0.3) is 0 Å². The molecule has 122 valence electrons. The van der Waals surface area contributed by atoms with Gasteiger partial charge in [0, 0.05) is 30.8 Å². The molecule has 1 N–H and O–H groups in total. The lowest BCUT2D eigenvalue weighted by atomic mass is 9.69. The topological polar surface area (TPSA) is 49.4 Å². The summed E-state index contributed by atoms with van der Waals surface area (Å²) in [4.78, 5) is 26.7. The van der Waals surface area contributed by atoms with E-state index in [0.717, 1.165) is 32.2 Å². The van der Waals surface area contributed by atoms with Crippen molar-refractivity contribution < 1.29 is 9.59 Å². The van der Waals surface area contributed by atoms with E-state index in [4.69, 9.17) is 0 Å². The van der Waals surface area contributed by atoms with E-state index in [0.29, 0.717) is 18.7 Å². The minimum absolute atomic E-state index is 0.0679. The molecule has 2 atom stereocenters. The van der Waals surface area contributed by atoms with E-state index in [1.807, 2.05) is 39.8 Å². The molecule has 0 saturated heterocycles. The zero-order valence-corrected chi connectivity index (χ0v) is 14.4. The number of hydrogen-bond donors (Lipinski definition) is 1.